The fourth-order valence-corrected chi connectivity index (χ4v) is 2.21. The predicted octanol–water partition coefficient (Wildman–Crippen LogP) is 3.59. The van der Waals surface area contributed by atoms with Gasteiger partial charge in [-0.3, -0.25) is 0 Å². The third kappa shape index (κ3) is 3.99. The number of hydrogen-bond acceptors (Lipinski definition) is 3. The molecular weight excluding hydrogens is 260 g/mol. The van der Waals surface area contributed by atoms with E-state index in [-0.39, 0.29) is 12.1 Å². The third-order valence-corrected chi connectivity index (χ3v) is 3.36. The zero-order valence-corrected chi connectivity index (χ0v) is 13.2. The van der Waals surface area contributed by atoms with Crippen LogP contribution in [-0.4, -0.2) is 20.2 Å². The van der Waals surface area contributed by atoms with Crippen LogP contribution in [0.2, 0.25) is 0 Å². The number of anilines is 1. The topological polar surface area (TPSA) is 38.5 Å². The lowest BCUT2D eigenvalue weighted by molar-refractivity contribution is 0.242. The van der Waals surface area contributed by atoms with Gasteiger partial charge < -0.3 is 15.4 Å². The van der Waals surface area contributed by atoms with Crippen LogP contribution in [0.5, 0.6) is 5.75 Å². The fraction of sp³-hybridized carbons (Fsp3) is 0.333. The van der Waals surface area contributed by atoms with Crippen molar-refractivity contribution in [2.75, 3.05) is 19.0 Å². The van der Waals surface area contributed by atoms with Crippen LogP contribution in [0.1, 0.15) is 31.0 Å². The van der Waals surface area contributed by atoms with Gasteiger partial charge in [0.05, 0.1) is 12.1 Å². The summed E-state index contributed by atoms with van der Waals surface area (Å²) >= 11 is 0. The van der Waals surface area contributed by atoms with E-state index in [2.05, 4.69) is 23.1 Å². The molecule has 2 aromatic rings. The summed E-state index contributed by atoms with van der Waals surface area (Å²) in [5.41, 5.74) is 9.73. The number of nitrogens with zero attached hydrogens (tertiary/aromatic N) is 1. The molecule has 112 valence electrons. The predicted molar refractivity (Wildman–Crippen MR) is 89.0 cm³/mol. The zero-order chi connectivity index (χ0) is 15.4. The molecule has 0 bridgehead atoms. The largest absolute Gasteiger partial charge is 0.491 e. The van der Waals surface area contributed by atoms with E-state index in [4.69, 9.17) is 10.5 Å². The van der Waals surface area contributed by atoms with Crippen LogP contribution in [0.15, 0.2) is 48.5 Å². The Morgan fingerprint density at radius 2 is 1.62 bits per heavy atom. The maximum absolute atomic E-state index is 6.38. The second-order valence-corrected chi connectivity index (χ2v) is 5.70. The Morgan fingerprint density at radius 1 is 0.952 bits per heavy atom. The van der Waals surface area contributed by atoms with Gasteiger partial charge in [0, 0.05) is 19.8 Å². The molecule has 21 heavy (non-hydrogen) atoms. The van der Waals surface area contributed by atoms with Gasteiger partial charge in [-0.2, -0.15) is 0 Å². The van der Waals surface area contributed by atoms with E-state index in [0.717, 1.165) is 22.6 Å². The Labute approximate surface area is 127 Å². The Kier molecular flexibility index (Phi) is 4.86. The van der Waals surface area contributed by atoms with E-state index < -0.39 is 0 Å². The van der Waals surface area contributed by atoms with E-state index >= 15 is 0 Å². The van der Waals surface area contributed by atoms with Crippen molar-refractivity contribution in [3.05, 3.63) is 59.7 Å². The number of rotatable bonds is 5. The van der Waals surface area contributed by atoms with Gasteiger partial charge in [0.1, 0.15) is 5.75 Å². The summed E-state index contributed by atoms with van der Waals surface area (Å²) in [6.07, 6.45) is 0.182. The molecule has 0 aliphatic carbocycles. The van der Waals surface area contributed by atoms with Crippen LogP contribution in [0, 0.1) is 0 Å². The number of nitrogens with two attached hydrogens (primary N) is 1. The Hall–Kier alpha value is -2.00. The molecule has 0 aliphatic rings. The maximum atomic E-state index is 6.38. The molecule has 3 heteroatoms. The molecule has 2 aromatic carbocycles. The minimum Gasteiger partial charge on any atom is -0.491 e. The van der Waals surface area contributed by atoms with E-state index in [0.29, 0.717) is 0 Å². The lowest BCUT2D eigenvalue weighted by Crippen LogP contribution is -2.14. The van der Waals surface area contributed by atoms with Crippen LogP contribution < -0.4 is 15.4 Å². The molecule has 0 aliphatic heterocycles. The smallest absolute Gasteiger partial charge is 0.119 e. The SMILES string of the molecule is CC(C)Oc1ccc(C(N)c2cccc(N(C)C)c2)cc1. The van der Waals surface area contributed by atoms with Crippen molar-refractivity contribution in [2.24, 2.45) is 5.73 Å². The molecule has 0 saturated heterocycles. The van der Waals surface area contributed by atoms with Crippen molar-refractivity contribution in [2.45, 2.75) is 26.0 Å². The Morgan fingerprint density at radius 3 is 2.19 bits per heavy atom. The van der Waals surface area contributed by atoms with Crippen molar-refractivity contribution >= 4 is 5.69 Å². The normalized spacial score (nSPS) is 12.3. The van der Waals surface area contributed by atoms with Crippen LogP contribution in [-0.2, 0) is 0 Å². The molecule has 1 unspecified atom stereocenters. The van der Waals surface area contributed by atoms with E-state index in [1.54, 1.807) is 0 Å². The van der Waals surface area contributed by atoms with Crippen molar-refractivity contribution in [1.29, 1.82) is 0 Å². The summed E-state index contributed by atoms with van der Waals surface area (Å²) in [6.45, 7) is 4.04. The first kappa shape index (κ1) is 15.4. The second-order valence-electron chi connectivity index (χ2n) is 5.70. The number of hydrogen-bond donors (Lipinski definition) is 1. The molecule has 0 amide bonds. The highest BCUT2D eigenvalue weighted by molar-refractivity contribution is 5.49. The molecule has 0 aromatic heterocycles. The molecule has 2 rings (SSSR count). The minimum absolute atomic E-state index is 0.127. The van der Waals surface area contributed by atoms with E-state index in [1.165, 1.54) is 0 Å². The average Bonchev–Trinajstić information content (AvgIpc) is 2.47. The van der Waals surface area contributed by atoms with Gasteiger partial charge in [0.15, 0.2) is 0 Å². The maximum Gasteiger partial charge on any atom is 0.119 e. The average molecular weight is 284 g/mol. The quantitative estimate of drug-likeness (QED) is 0.912. The van der Waals surface area contributed by atoms with E-state index in [9.17, 15) is 0 Å². The molecule has 0 fully saturated rings. The highest BCUT2D eigenvalue weighted by atomic mass is 16.5. The highest BCUT2D eigenvalue weighted by Gasteiger charge is 2.10. The summed E-state index contributed by atoms with van der Waals surface area (Å²) < 4.78 is 5.66. The van der Waals surface area contributed by atoms with Crippen LogP contribution in [0.3, 0.4) is 0 Å². The van der Waals surface area contributed by atoms with Crippen molar-refractivity contribution in [3.8, 4) is 5.75 Å². The van der Waals surface area contributed by atoms with Gasteiger partial charge in [-0.25, -0.2) is 0 Å². The summed E-state index contributed by atoms with van der Waals surface area (Å²) in [7, 11) is 4.06. The van der Waals surface area contributed by atoms with Gasteiger partial charge in [-0.05, 0) is 49.2 Å². The first-order chi connectivity index (χ1) is 9.97. The Bertz CT molecular complexity index is 576. The Balaban J connectivity index is 2.19. The van der Waals surface area contributed by atoms with Gasteiger partial charge in [0.2, 0.25) is 0 Å². The highest BCUT2D eigenvalue weighted by Crippen LogP contribution is 2.25. The molecule has 1 atom stereocenters. The first-order valence-electron chi connectivity index (χ1n) is 7.27. The summed E-state index contributed by atoms with van der Waals surface area (Å²) in [5, 5.41) is 0. The van der Waals surface area contributed by atoms with Crippen LogP contribution in [0.25, 0.3) is 0 Å². The molecule has 3 nitrogen and oxygen atoms in total. The van der Waals surface area contributed by atoms with Crippen LogP contribution in [0.4, 0.5) is 5.69 Å². The molecule has 2 N–H and O–H groups in total. The van der Waals surface area contributed by atoms with Crippen LogP contribution >= 0.6 is 0 Å². The molecule has 0 heterocycles. The number of benzene rings is 2. The summed E-state index contributed by atoms with van der Waals surface area (Å²) in [6, 6.07) is 16.2. The molecule has 0 saturated carbocycles. The second kappa shape index (κ2) is 6.64. The van der Waals surface area contributed by atoms with Crippen molar-refractivity contribution in [1.82, 2.24) is 0 Å². The lowest BCUT2D eigenvalue weighted by Gasteiger charge is -2.18. The standard InChI is InChI=1S/C18H24N2O/c1-13(2)21-17-10-8-14(9-11-17)18(19)15-6-5-7-16(12-15)20(3)4/h5-13,18H,19H2,1-4H3. The van der Waals surface area contributed by atoms with Crippen molar-refractivity contribution < 1.29 is 4.74 Å². The summed E-state index contributed by atoms with van der Waals surface area (Å²) in [4.78, 5) is 2.08. The van der Waals surface area contributed by atoms with Gasteiger partial charge in [0.25, 0.3) is 0 Å². The van der Waals surface area contributed by atoms with Crippen molar-refractivity contribution in [3.63, 3.8) is 0 Å². The molecule has 0 spiro atoms. The molecule has 0 radical (unpaired) electrons. The monoisotopic (exact) mass is 284 g/mol. The van der Waals surface area contributed by atoms with Gasteiger partial charge in [-0.1, -0.05) is 24.3 Å². The fourth-order valence-electron chi connectivity index (χ4n) is 2.21. The first-order valence-corrected chi connectivity index (χ1v) is 7.27. The summed E-state index contributed by atoms with van der Waals surface area (Å²) in [5.74, 6) is 0.878. The molecular formula is C18H24N2O. The van der Waals surface area contributed by atoms with Gasteiger partial charge >= 0.3 is 0 Å². The minimum atomic E-state index is -0.127. The zero-order valence-electron chi connectivity index (χ0n) is 13.2. The van der Waals surface area contributed by atoms with Gasteiger partial charge in [-0.15, -0.1) is 0 Å². The third-order valence-electron chi connectivity index (χ3n) is 3.36. The number of ether oxygens (including phenoxy) is 1. The van der Waals surface area contributed by atoms with E-state index in [1.807, 2.05) is 58.3 Å². The lowest BCUT2D eigenvalue weighted by atomic mass is 9.99.